The van der Waals surface area contributed by atoms with Crippen LogP contribution in [-0.2, 0) is 14.3 Å². The lowest BCUT2D eigenvalue weighted by Gasteiger charge is -2.36. The standard InChI is InChI=1S/C21H16N2O3/c22-12-15-18(14-9-5-2-6-10-14)19-17(25-20(15)23)11-16(26-21(19)24)13-7-3-1-4-8-13/h1-10,15-16,18,23H,11H2/t15?,16-,18-/m1/s1. The molecule has 0 bridgehead atoms. The van der Waals surface area contributed by atoms with Crippen LogP contribution in [0.3, 0.4) is 0 Å². The number of cyclic esters (lactones) is 1. The summed E-state index contributed by atoms with van der Waals surface area (Å²) in [6, 6.07) is 20.8. The van der Waals surface area contributed by atoms with E-state index in [1.54, 1.807) is 0 Å². The molecule has 26 heavy (non-hydrogen) atoms. The Morgan fingerprint density at radius 3 is 2.23 bits per heavy atom. The second kappa shape index (κ2) is 6.49. The highest BCUT2D eigenvalue weighted by Crippen LogP contribution is 2.45. The minimum atomic E-state index is -0.850. The minimum Gasteiger partial charge on any atom is -0.454 e. The number of carbonyl (C=O) groups is 1. The fourth-order valence-corrected chi connectivity index (χ4v) is 3.54. The van der Waals surface area contributed by atoms with Gasteiger partial charge in [0.15, 0.2) is 0 Å². The van der Waals surface area contributed by atoms with E-state index in [9.17, 15) is 10.1 Å². The average Bonchev–Trinajstić information content (AvgIpc) is 2.68. The van der Waals surface area contributed by atoms with Crippen LogP contribution in [0, 0.1) is 22.7 Å². The molecule has 4 rings (SSSR count). The molecule has 2 aliphatic rings. The summed E-state index contributed by atoms with van der Waals surface area (Å²) in [7, 11) is 0. The van der Waals surface area contributed by atoms with Crippen LogP contribution in [0.25, 0.3) is 0 Å². The molecule has 5 nitrogen and oxygen atoms in total. The normalized spacial score (nSPS) is 25.0. The zero-order chi connectivity index (χ0) is 18.1. The second-order valence-corrected chi connectivity index (χ2v) is 6.31. The number of hydrogen-bond acceptors (Lipinski definition) is 5. The van der Waals surface area contributed by atoms with Crippen molar-refractivity contribution in [1.29, 1.82) is 10.7 Å². The Morgan fingerprint density at radius 1 is 1.00 bits per heavy atom. The Kier molecular flexibility index (Phi) is 4.02. The average molecular weight is 344 g/mol. The zero-order valence-corrected chi connectivity index (χ0v) is 13.9. The van der Waals surface area contributed by atoms with Crippen LogP contribution < -0.4 is 0 Å². The van der Waals surface area contributed by atoms with Gasteiger partial charge in [-0.2, -0.15) is 5.26 Å². The first-order chi connectivity index (χ1) is 12.7. The predicted molar refractivity (Wildman–Crippen MR) is 94.0 cm³/mol. The molecule has 0 spiro atoms. The van der Waals surface area contributed by atoms with E-state index in [0.717, 1.165) is 11.1 Å². The lowest BCUT2D eigenvalue weighted by molar-refractivity contribution is -0.148. The van der Waals surface area contributed by atoms with Gasteiger partial charge in [-0.1, -0.05) is 60.7 Å². The number of esters is 1. The zero-order valence-electron chi connectivity index (χ0n) is 13.9. The van der Waals surface area contributed by atoms with E-state index in [1.807, 2.05) is 60.7 Å². The van der Waals surface area contributed by atoms with Crippen molar-refractivity contribution in [3.8, 4) is 6.07 Å². The van der Waals surface area contributed by atoms with E-state index in [0.29, 0.717) is 17.8 Å². The number of ether oxygens (including phenoxy) is 2. The van der Waals surface area contributed by atoms with E-state index in [1.165, 1.54) is 0 Å². The fraction of sp³-hybridized carbons (Fsp3) is 0.190. The maximum Gasteiger partial charge on any atom is 0.338 e. The molecule has 1 N–H and O–H groups in total. The molecule has 0 aliphatic carbocycles. The number of rotatable bonds is 2. The van der Waals surface area contributed by atoms with Crippen molar-refractivity contribution >= 4 is 11.9 Å². The van der Waals surface area contributed by atoms with E-state index in [4.69, 9.17) is 14.9 Å². The monoisotopic (exact) mass is 344 g/mol. The van der Waals surface area contributed by atoms with Gasteiger partial charge in [0.2, 0.25) is 5.90 Å². The molecule has 0 saturated carbocycles. The molecule has 128 valence electrons. The number of carbonyl (C=O) groups excluding carboxylic acids is 1. The maximum atomic E-state index is 12.8. The Morgan fingerprint density at radius 2 is 1.62 bits per heavy atom. The molecular weight excluding hydrogens is 328 g/mol. The Labute approximate surface area is 151 Å². The van der Waals surface area contributed by atoms with Crippen LogP contribution in [0.1, 0.15) is 29.6 Å². The summed E-state index contributed by atoms with van der Waals surface area (Å²) in [5.74, 6) is -1.58. The first-order valence-corrected chi connectivity index (χ1v) is 8.39. The highest BCUT2D eigenvalue weighted by Gasteiger charge is 2.45. The third-order valence-corrected chi connectivity index (χ3v) is 4.77. The summed E-state index contributed by atoms with van der Waals surface area (Å²) < 4.78 is 11.3. The second-order valence-electron chi connectivity index (χ2n) is 6.31. The SMILES string of the molecule is N#CC1C(=N)OC2=C(C(=O)O[C@@H](c3ccccc3)C2)[C@@H]1c1ccccc1. The third-order valence-electron chi connectivity index (χ3n) is 4.77. The summed E-state index contributed by atoms with van der Waals surface area (Å²) in [5.41, 5.74) is 2.03. The van der Waals surface area contributed by atoms with Gasteiger partial charge in [-0.25, -0.2) is 4.79 Å². The topological polar surface area (TPSA) is 83.2 Å². The van der Waals surface area contributed by atoms with Crippen LogP contribution in [0.2, 0.25) is 0 Å². The largest absolute Gasteiger partial charge is 0.454 e. The predicted octanol–water partition coefficient (Wildman–Crippen LogP) is 3.86. The van der Waals surface area contributed by atoms with E-state index in [2.05, 4.69) is 6.07 Å². The maximum absolute atomic E-state index is 12.8. The van der Waals surface area contributed by atoms with Crippen LogP contribution >= 0.6 is 0 Å². The fourth-order valence-electron chi connectivity index (χ4n) is 3.54. The van der Waals surface area contributed by atoms with Crippen molar-refractivity contribution < 1.29 is 14.3 Å². The van der Waals surface area contributed by atoms with Crippen molar-refractivity contribution in [3.63, 3.8) is 0 Å². The van der Waals surface area contributed by atoms with E-state index < -0.39 is 23.9 Å². The third kappa shape index (κ3) is 2.66. The van der Waals surface area contributed by atoms with Gasteiger partial charge in [-0.15, -0.1) is 0 Å². The molecule has 3 atom stereocenters. The summed E-state index contributed by atoms with van der Waals surface area (Å²) in [6.07, 6.45) is -0.0973. The molecule has 2 aromatic carbocycles. The van der Waals surface area contributed by atoms with Crippen molar-refractivity contribution in [2.75, 3.05) is 0 Å². The number of nitriles is 1. The van der Waals surface area contributed by atoms with Crippen LogP contribution in [0.5, 0.6) is 0 Å². The van der Waals surface area contributed by atoms with Crippen molar-refractivity contribution in [1.82, 2.24) is 0 Å². The summed E-state index contributed by atoms with van der Waals surface area (Å²) in [6.45, 7) is 0. The van der Waals surface area contributed by atoms with Gasteiger partial charge < -0.3 is 9.47 Å². The van der Waals surface area contributed by atoms with Gasteiger partial charge in [0.05, 0.1) is 11.6 Å². The minimum absolute atomic E-state index is 0.124. The number of nitrogens with zero attached hydrogens (tertiary/aromatic N) is 1. The molecule has 2 aliphatic heterocycles. The first kappa shape index (κ1) is 16.1. The lowest BCUT2D eigenvalue weighted by Crippen LogP contribution is -2.37. The Balaban J connectivity index is 1.79. The van der Waals surface area contributed by atoms with E-state index >= 15 is 0 Å². The van der Waals surface area contributed by atoms with Gasteiger partial charge in [0, 0.05) is 12.3 Å². The van der Waals surface area contributed by atoms with Gasteiger partial charge in [-0.05, 0) is 11.1 Å². The van der Waals surface area contributed by atoms with Gasteiger partial charge in [0.25, 0.3) is 0 Å². The molecule has 0 radical (unpaired) electrons. The quantitative estimate of drug-likeness (QED) is 0.839. The number of benzene rings is 2. The van der Waals surface area contributed by atoms with E-state index in [-0.39, 0.29) is 5.90 Å². The highest BCUT2D eigenvalue weighted by molar-refractivity contribution is 5.96. The molecule has 1 unspecified atom stereocenters. The molecule has 2 aromatic rings. The van der Waals surface area contributed by atoms with Crippen molar-refractivity contribution in [3.05, 3.63) is 83.1 Å². The summed E-state index contributed by atoms with van der Waals surface area (Å²) >= 11 is 0. The van der Waals surface area contributed by atoms with Crippen molar-refractivity contribution in [2.24, 2.45) is 5.92 Å². The number of nitrogens with one attached hydrogen (secondary N) is 1. The molecule has 0 saturated heterocycles. The smallest absolute Gasteiger partial charge is 0.338 e. The lowest BCUT2D eigenvalue weighted by atomic mass is 9.77. The van der Waals surface area contributed by atoms with Gasteiger partial charge >= 0.3 is 5.97 Å². The van der Waals surface area contributed by atoms with Crippen molar-refractivity contribution in [2.45, 2.75) is 18.4 Å². The highest BCUT2D eigenvalue weighted by atomic mass is 16.6. The number of hydrogen-bond donors (Lipinski definition) is 1. The Bertz CT molecular complexity index is 929. The summed E-state index contributed by atoms with van der Waals surface area (Å²) in [4.78, 5) is 12.8. The van der Waals surface area contributed by atoms with Crippen LogP contribution in [0.15, 0.2) is 72.0 Å². The molecule has 0 fully saturated rings. The molecule has 5 heteroatoms. The first-order valence-electron chi connectivity index (χ1n) is 8.39. The van der Waals surface area contributed by atoms with Crippen LogP contribution in [-0.4, -0.2) is 11.9 Å². The van der Waals surface area contributed by atoms with Gasteiger partial charge in [0.1, 0.15) is 17.8 Å². The molecule has 2 heterocycles. The Hall–Kier alpha value is -3.39. The molecular formula is C21H16N2O3. The van der Waals surface area contributed by atoms with Gasteiger partial charge in [-0.3, -0.25) is 5.41 Å². The molecule has 0 amide bonds. The van der Waals surface area contributed by atoms with Crippen LogP contribution in [0.4, 0.5) is 0 Å². The summed E-state index contributed by atoms with van der Waals surface area (Å²) in [5, 5.41) is 17.7. The molecule has 0 aromatic heterocycles.